The normalized spacial score (nSPS) is 17.0. The van der Waals surface area contributed by atoms with Crippen molar-refractivity contribution < 1.29 is 21.9 Å². The largest absolute Gasteiger partial charge is 0.386 e. The molecular weight excluding hydrogens is 411 g/mol. The number of rotatable bonds is 8. The number of nitrogens with zero attached hydrogens (tertiary/aromatic N) is 3. The maximum atomic E-state index is 13.1. The van der Waals surface area contributed by atoms with Crippen molar-refractivity contribution in [3.8, 4) is 0 Å². The van der Waals surface area contributed by atoms with E-state index in [0.717, 1.165) is 16.2 Å². The first-order valence-corrected chi connectivity index (χ1v) is 10.4. The molecule has 1 heterocycles. The summed E-state index contributed by atoms with van der Waals surface area (Å²) in [7, 11) is -1.49. The summed E-state index contributed by atoms with van der Waals surface area (Å²) in [6.07, 6.45) is 0.981. The first-order chi connectivity index (χ1) is 14.3. The van der Waals surface area contributed by atoms with Crippen molar-refractivity contribution >= 4 is 28.4 Å². The van der Waals surface area contributed by atoms with Crippen molar-refractivity contribution in [3.05, 3.63) is 65.5 Å². The van der Waals surface area contributed by atoms with Crippen LogP contribution in [0.2, 0.25) is 0 Å². The van der Waals surface area contributed by atoms with Gasteiger partial charge in [-0.25, -0.2) is 17.9 Å². The van der Waals surface area contributed by atoms with Gasteiger partial charge in [0.1, 0.15) is 11.7 Å². The molecule has 30 heavy (non-hydrogen) atoms. The van der Waals surface area contributed by atoms with Crippen molar-refractivity contribution in [2.45, 2.75) is 32.0 Å². The highest BCUT2D eigenvalue weighted by molar-refractivity contribution is 7.67. The quantitative estimate of drug-likeness (QED) is 0.284. The second-order valence-corrected chi connectivity index (χ2v) is 7.52. The molecule has 2 aromatic carbocycles. The second-order valence-electron chi connectivity index (χ2n) is 6.91. The fraction of sp³-hybridized carbons (Fsp3) is 0.300. The van der Waals surface area contributed by atoms with Crippen LogP contribution in [0.4, 0.5) is 10.1 Å². The molecule has 1 fully saturated rings. The lowest BCUT2D eigenvalue weighted by Crippen LogP contribution is -2.42. The van der Waals surface area contributed by atoms with Gasteiger partial charge in [0.2, 0.25) is 5.91 Å². The molecule has 0 bridgehead atoms. The lowest BCUT2D eigenvalue weighted by Gasteiger charge is -2.24. The van der Waals surface area contributed by atoms with Crippen LogP contribution in [0.15, 0.2) is 53.5 Å². The summed E-state index contributed by atoms with van der Waals surface area (Å²) in [4.78, 5) is 18.4. The third kappa shape index (κ3) is 5.55. The zero-order valence-electron chi connectivity index (χ0n) is 16.4. The van der Waals surface area contributed by atoms with Gasteiger partial charge < -0.3 is 10.6 Å². The predicted molar refractivity (Wildman–Crippen MR) is 112 cm³/mol. The fourth-order valence-corrected chi connectivity index (χ4v) is 3.57. The van der Waals surface area contributed by atoms with E-state index in [1.54, 1.807) is 41.3 Å². The molecule has 3 rings (SSSR count). The van der Waals surface area contributed by atoms with Gasteiger partial charge in [-0.3, -0.25) is 9.79 Å². The number of aliphatic imine (C=N–C) groups is 1. The molecule has 0 unspecified atom stereocenters. The Morgan fingerprint density at radius 3 is 2.47 bits per heavy atom. The molecule has 1 aliphatic heterocycles. The second kappa shape index (κ2) is 9.68. The van der Waals surface area contributed by atoms with Crippen LogP contribution in [0.1, 0.15) is 24.0 Å². The maximum Gasteiger partial charge on any atom is 0.277 e. The Morgan fingerprint density at radius 2 is 1.83 bits per heavy atom. The van der Waals surface area contributed by atoms with Crippen molar-refractivity contribution in [2.24, 2.45) is 10.7 Å². The third-order valence-electron chi connectivity index (χ3n) is 4.87. The molecule has 0 spiro atoms. The lowest BCUT2D eigenvalue weighted by molar-refractivity contribution is -0.128. The number of nitrogens with two attached hydrogens (primary N) is 1. The van der Waals surface area contributed by atoms with Crippen LogP contribution in [0.5, 0.6) is 0 Å². The Labute approximate surface area is 175 Å². The highest BCUT2D eigenvalue weighted by Crippen LogP contribution is 2.22. The SMILES string of the molecule is CN(O[SH](=O)=O)c1ccc(CN=C(N)[C@@H]2CCC(=O)N2Cc2ccc(F)cc2)cc1. The number of amidine groups is 1. The van der Waals surface area contributed by atoms with Crippen LogP contribution >= 0.6 is 0 Å². The molecule has 2 N–H and O–H groups in total. The summed E-state index contributed by atoms with van der Waals surface area (Å²) in [5.74, 6) is 0.0390. The van der Waals surface area contributed by atoms with Gasteiger partial charge >= 0.3 is 0 Å². The minimum absolute atomic E-state index is 0.00780. The number of halogens is 1. The molecule has 10 heteroatoms. The number of amides is 1. The predicted octanol–water partition coefficient (Wildman–Crippen LogP) is 1.77. The van der Waals surface area contributed by atoms with Gasteiger partial charge in [-0.1, -0.05) is 24.3 Å². The molecule has 2 aromatic rings. The number of benzene rings is 2. The van der Waals surface area contributed by atoms with Gasteiger partial charge in [-0.2, -0.15) is 4.28 Å². The Morgan fingerprint density at radius 1 is 1.20 bits per heavy atom. The molecule has 0 radical (unpaired) electrons. The van der Waals surface area contributed by atoms with Crippen molar-refractivity contribution in [3.63, 3.8) is 0 Å². The van der Waals surface area contributed by atoms with Gasteiger partial charge in [0.15, 0.2) is 0 Å². The van der Waals surface area contributed by atoms with Crippen LogP contribution in [0.25, 0.3) is 0 Å². The van der Waals surface area contributed by atoms with Crippen molar-refractivity contribution in [1.82, 2.24) is 4.90 Å². The van der Waals surface area contributed by atoms with Crippen LogP contribution < -0.4 is 10.8 Å². The van der Waals surface area contributed by atoms with E-state index >= 15 is 0 Å². The molecule has 0 aromatic heterocycles. The summed E-state index contributed by atoms with van der Waals surface area (Å²) < 4.78 is 39.0. The number of likely N-dealkylation sites (tertiary alicyclic amines) is 1. The minimum Gasteiger partial charge on any atom is -0.386 e. The topological polar surface area (TPSA) is 105 Å². The summed E-state index contributed by atoms with van der Waals surface area (Å²) in [6.45, 7) is 0.671. The summed E-state index contributed by atoms with van der Waals surface area (Å²) in [5.41, 5.74) is 8.46. The zero-order chi connectivity index (χ0) is 21.7. The Hall–Kier alpha value is -2.98. The van der Waals surface area contributed by atoms with E-state index in [4.69, 9.17) is 5.73 Å². The summed E-state index contributed by atoms with van der Waals surface area (Å²) in [5, 5.41) is 1.14. The first kappa shape index (κ1) is 21.7. The van der Waals surface area contributed by atoms with Crippen LogP contribution in [0, 0.1) is 5.82 Å². The molecule has 8 nitrogen and oxygen atoms in total. The minimum atomic E-state index is -2.98. The Balaban J connectivity index is 1.65. The number of carbonyl (C=O) groups is 1. The average Bonchev–Trinajstić information content (AvgIpc) is 3.08. The van der Waals surface area contributed by atoms with Gasteiger partial charge in [-0.05, 0) is 41.8 Å². The molecular formula is C20H23FN4O4S. The number of thiol groups is 1. The Bertz CT molecular complexity index is 985. The molecule has 1 aliphatic rings. The first-order valence-electron chi connectivity index (χ1n) is 9.32. The number of hydrogen-bond donors (Lipinski definition) is 2. The summed E-state index contributed by atoms with van der Waals surface area (Å²) in [6, 6.07) is 12.7. The Kier molecular flexibility index (Phi) is 7.01. The highest BCUT2D eigenvalue weighted by Gasteiger charge is 2.33. The van der Waals surface area contributed by atoms with Gasteiger partial charge in [0.25, 0.3) is 11.0 Å². The number of anilines is 1. The van der Waals surface area contributed by atoms with Crippen LogP contribution in [0.3, 0.4) is 0 Å². The number of carbonyl (C=O) groups excluding carboxylic acids is 1. The molecule has 0 aliphatic carbocycles. The van der Waals surface area contributed by atoms with E-state index in [-0.39, 0.29) is 17.8 Å². The van der Waals surface area contributed by atoms with Crippen molar-refractivity contribution in [2.75, 3.05) is 12.1 Å². The van der Waals surface area contributed by atoms with E-state index in [1.165, 1.54) is 19.2 Å². The molecule has 1 amide bonds. The van der Waals surface area contributed by atoms with Crippen LogP contribution in [-0.4, -0.2) is 38.2 Å². The zero-order valence-corrected chi connectivity index (χ0v) is 17.3. The fourth-order valence-electron chi connectivity index (χ4n) is 3.27. The number of hydroxylamine groups is 1. The van der Waals surface area contributed by atoms with Gasteiger partial charge in [0, 0.05) is 20.0 Å². The van der Waals surface area contributed by atoms with E-state index in [9.17, 15) is 17.6 Å². The van der Waals surface area contributed by atoms with Gasteiger partial charge in [-0.15, -0.1) is 0 Å². The van der Waals surface area contributed by atoms with E-state index < -0.39 is 11.0 Å². The standard InChI is InChI=1S/C20H23FN4O4S/c1-24(29-30(27)28)17-8-4-14(5-9-17)12-23-20(22)18-10-11-19(26)25(18)13-15-2-6-16(21)7-3-15/h2-9,18,30H,10-13H2,1H3,(H2,22,23)/t18-/m0/s1. The molecule has 1 atom stereocenters. The molecule has 1 saturated heterocycles. The van der Waals surface area contributed by atoms with E-state index in [2.05, 4.69) is 9.28 Å². The maximum absolute atomic E-state index is 13.1. The smallest absolute Gasteiger partial charge is 0.277 e. The monoisotopic (exact) mass is 434 g/mol. The third-order valence-corrected chi connectivity index (χ3v) is 5.25. The van der Waals surface area contributed by atoms with E-state index in [1.807, 2.05) is 0 Å². The lowest BCUT2D eigenvalue weighted by atomic mass is 10.1. The van der Waals surface area contributed by atoms with E-state index in [0.29, 0.717) is 37.5 Å². The molecule has 0 saturated carbocycles. The molecule has 160 valence electrons. The summed E-state index contributed by atoms with van der Waals surface area (Å²) >= 11 is 0. The van der Waals surface area contributed by atoms with Crippen molar-refractivity contribution in [1.29, 1.82) is 0 Å². The van der Waals surface area contributed by atoms with Crippen LogP contribution in [-0.2, 0) is 33.2 Å². The average molecular weight is 434 g/mol. The van der Waals surface area contributed by atoms with Gasteiger partial charge in [0.05, 0.1) is 18.3 Å². The highest BCUT2D eigenvalue weighted by atomic mass is 32.2. The number of hydrogen-bond acceptors (Lipinski definition) is 6.